The highest BCUT2D eigenvalue weighted by molar-refractivity contribution is 5.61. The molecule has 3 aromatic rings. The number of H-pyrrole nitrogens is 1. The molecule has 0 aliphatic heterocycles. The van der Waals surface area contributed by atoms with Crippen molar-refractivity contribution in [3.05, 3.63) is 65.2 Å². The number of nitrogens with one attached hydrogen (secondary N) is 2. The van der Waals surface area contributed by atoms with Crippen LogP contribution < -0.4 is 15.6 Å². The summed E-state index contributed by atoms with van der Waals surface area (Å²) in [7, 11) is 1.60. The summed E-state index contributed by atoms with van der Waals surface area (Å²) < 4.78 is 5.17. The standard InChI is InChI=1S/C16H14N4O2/c1-22-13-4-2-3-12(9-13)18-16-19-14(10-15(21)20-16)11-5-7-17-8-6-11/h2-10H,1H3,(H2,18,19,20,21). The van der Waals surface area contributed by atoms with Crippen molar-refractivity contribution in [1.29, 1.82) is 0 Å². The molecule has 1 aromatic carbocycles. The first-order chi connectivity index (χ1) is 10.7. The molecular formula is C16H14N4O2. The Bertz CT molecular complexity index is 831. The van der Waals surface area contributed by atoms with Gasteiger partial charge in [0.15, 0.2) is 0 Å². The second-order valence-corrected chi connectivity index (χ2v) is 4.57. The summed E-state index contributed by atoms with van der Waals surface area (Å²) in [5.74, 6) is 1.09. The minimum absolute atomic E-state index is 0.229. The molecule has 2 N–H and O–H groups in total. The molecule has 0 aliphatic carbocycles. The predicted octanol–water partition coefficient (Wildman–Crippen LogP) is 2.58. The van der Waals surface area contributed by atoms with Gasteiger partial charge in [-0.25, -0.2) is 4.98 Å². The van der Waals surface area contributed by atoms with Crippen LogP contribution in [0, 0.1) is 0 Å². The molecule has 0 aliphatic rings. The summed E-state index contributed by atoms with van der Waals surface area (Å²) in [6.07, 6.45) is 3.32. The summed E-state index contributed by atoms with van der Waals surface area (Å²) in [4.78, 5) is 22.9. The van der Waals surface area contributed by atoms with Gasteiger partial charge in [0.2, 0.25) is 5.95 Å². The average Bonchev–Trinajstić information content (AvgIpc) is 2.55. The molecule has 0 saturated carbocycles. The molecule has 0 radical (unpaired) electrons. The maximum Gasteiger partial charge on any atom is 0.252 e. The first-order valence-electron chi connectivity index (χ1n) is 6.67. The number of aromatic nitrogens is 3. The largest absolute Gasteiger partial charge is 0.497 e. The molecule has 2 aromatic heterocycles. The Morgan fingerprint density at radius 2 is 1.95 bits per heavy atom. The zero-order valence-corrected chi connectivity index (χ0v) is 11.9. The molecule has 3 rings (SSSR count). The number of anilines is 2. The molecule has 6 heteroatoms. The molecule has 0 unspecified atom stereocenters. The second-order valence-electron chi connectivity index (χ2n) is 4.57. The lowest BCUT2D eigenvalue weighted by Gasteiger charge is -2.08. The monoisotopic (exact) mass is 294 g/mol. The highest BCUT2D eigenvalue weighted by Crippen LogP contribution is 2.20. The van der Waals surface area contributed by atoms with Gasteiger partial charge < -0.3 is 10.1 Å². The summed E-state index contributed by atoms with van der Waals surface area (Å²) in [5.41, 5.74) is 1.95. The Balaban J connectivity index is 1.94. The second kappa shape index (κ2) is 6.09. The van der Waals surface area contributed by atoms with Crippen molar-refractivity contribution in [2.24, 2.45) is 0 Å². The van der Waals surface area contributed by atoms with E-state index >= 15 is 0 Å². The maximum atomic E-state index is 11.8. The van der Waals surface area contributed by atoms with Crippen LogP contribution in [0.15, 0.2) is 59.7 Å². The molecule has 0 saturated heterocycles. The fraction of sp³-hybridized carbons (Fsp3) is 0.0625. The molecule has 0 atom stereocenters. The van der Waals surface area contributed by atoms with E-state index in [1.807, 2.05) is 24.3 Å². The van der Waals surface area contributed by atoms with Crippen LogP contribution in [0.25, 0.3) is 11.3 Å². The third-order valence-electron chi connectivity index (χ3n) is 3.05. The zero-order valence-electron chi connectivity index (χ0n) is 11.9. The van der Waals surface area contributed by atoms with Crippen LogP contribution in [-0.2, 0) is 0 Å². The number of aromatic amines is 1. The molecule has 22 heavy (non-hydrogen) atoms. The van der Waals surface area contributed by atoms with Gasteiger partial charge in [-0.05, 0) is 24.3 Å². The van der Waals surface area contributed by atoms with Crippen LogP contribution >= 0.6 is 0 Å². The van der Waals surface area contributed by atoms with E-state index in [2.05, 4.69) is 20.3 Å². The number of hydrogen-bond donors (Lipinski definition) is 2. The van der Waals surface area contributed by atoms with E-state index in [9.17, 15) is 4.79 Å². The molecule has 0 amide bonds. The lowest BCUT2D eigenvalue weighted by atomic mass is 10.2. The quantitative estimate of drug-likeness (QED) is 0.773. The van der Waals surface area contributed by atoms with Crippen LogP contribution in [0.5, 0.6) is 5.75 Å². The lowest BCUT2D eigenvalue weighted by molar-refractivity contribution is 0.415. The number of rotatable bonds is 4. The van der Waals surface area contributed by atoms with E-state index in [1.165, 1.54) is 6.07 Å². The van der Waals surface area contributed by atoms with Crippen molar-refractivity contribution in [2.75, 3.05) is 12.4 Å². The van der Waals surface area contributed by atoms with Crippen molar-refractivity contribution in [1.82, 2.24) is 15.0 Å². The first kappa shape index (κ1) is 13.8. The predicted molar refractivity (Wildman–Crippen MR) is 84.4 cm³/mol. The fourth-order valence-corrected chi connectivity index (χ4v) is 2.02. The number of nitrogens with zero attached hydrogens (tertiary/aromatic N) is 2. The topological polar surface area (TPSA) is 79.9 Å². The van der Waals surface area contributed by atoms with E-state index in [4.69, 9.17) is 4.74 Å². The van der Waals surface area contributed by atoms with Gasteiger partial charge in [-0.3, -0.25) is 14.8 Å². The first-order valence-corrected chi connectivity index (χ1v) is 6.67. The third-order valence-corrected chi connectivity index (χ3v) is 3.05. The Morgan fingerprint density at radius 3 is 2.73 bits per heavy atom. The van der Waals surface area contributed by atoms with Gasteiger partial charge in [0.25, 0.3) is 5.56 Å². The van der Waals surface area contributed by atoms with Gasteiger partial charge in [-0.2, -0.15) is 0 Å². The summed E-state index contributed by atoms with van der Waals surface area (Å²) >= 11 is 0. The van der Waals surface area contributed by atoms with Crippen molar-refractivity contribution >= 4 is 11.6 Å². The normalized spacial score (nSPS) is 10.2. The van der Waals surface area contributed by atoms with Crippen LogP contribution in [0.2, 0.25) is 0 Å². The average molecular weight is 294 g/mol. The number of benzene rings is 1. The Labute approximate surface area is 126 Å². The summed E-state index contributed by atoms with van der Waals surface area (Å²) in [5, 5.41) is 3.07. The summed E-state index contributed by atoms with van der Waals surface area (Å²) in [6.45, 7) is 0. The molecular weight excluding hydrogens is 280 g/mol. The highest BCUT2D eigenvalue weighted by atomic mass is 16.5. The Hall–Kier alpha value is -3.15. The number of methoxy groups -OCH3 is 1. The SMILES string of the molecule is COc1cccc(Nc2nc(-c3ccncc3)cc(=O)[nH]2)c1. The minimum Gasteiger partial charge on any atom is -0.497 e. The highest BCUT2D eigenvalue weighted by Gasteiger charge is 2.05. The van der Waals surface area contributed by atoms with Crippen molar-refractivity contribution in [3.8, 4) is 17.0 Å². The van der Waals surface area contributed by atoms with Gasteiger partial charge in [0.1, 0.15) is 5.75 Å². The maximum absolute atomic E-state index is 11.8. The Morgan fingerprint density at radius 1 is 1.14 bits per heavy atom. The molecule has 0 spiro atoms. The van der Waals surface area contributed by atoms with Crippen LogP contribution in [-0.4, -0.2) is 22.1 Å². The third kappa shape index (κ3) is 3.12. The van der Waals surface area contributed by atoms with E-state index in [0.29, 0.717) is 11.6 Å². The van der Waals surface area contributed by atoms with Gasteiger partial charge in [0.05, 0.1) is 12.8 Å². The number of ether oxygens (including phenoxy) is 1. The van der Waals surface area contributed by atoms with E-state index in [1.54, 1.807) is 31.6 Å². The van der Waals surface area contributed by atoms with Crippen molar-refractivity contribution < 1.29 is 4.74 Å². The smallest absolute Gasteiger partial charge is 0.252 e. The minimum atomic E-state index is -0.229. The fourth-order valence-electron chi connectivity index (χ4n) is 2.02. The van der Waals surface area contributed by atoms with E-state index < -0.39 is 0 Å². The lowest BCUT2D eigenvalue weighted by Crippen LogP contribution is -2.10. The zero-order chi connectivity index (χ0) is 15.4. The van der Waals surface area contributed by atoms with Gasteiger partial charge in [-0.1, -0.05) is 6.07 Å². The molecule has 110 valence electrons. The number of pyridine rings is 1. The molecule has 6 nitrogen and oxygen atoms in total. The van der Waals surface area contributed by atoms with Crippen molar-refractivity contribution in [3.63, 3.8) is 0 Å². The molecule has 2 heterocycles. The van der Waals surface area contributed by atoms with E-state index in [0.717, 1.165) is 17.0 Å². The Kier molecular flexibility index (Phi) is 3.82. The van der Waals surface area contributed by atoms with Gasteiger partial charge in [0, 0.05) is 35.8 Å². The van der Waals surface area contributed by atoms with E-state index in [-0.39, 0.29) is 5.56 Å². The van der Waals surface area contributed by atoms with Gasteiger partial charge in [-0.15, -0.1) is 0 Å². The molecule has 0 fully saturated rings. The summed E-state index contributed by atoms with van der Waals surface area (Å²) in [6, 6.07) is 12.4. The van der Waals surface area contributed by atoms with Crippen LogP contribution in [0.3, 0.4) is 0 Å². The molecule has 0 bridgehead atoms. The number of hydrogen-bond acceptors (Lipinski definition) is 5. The van der Waals surface area contributed by atoms with Crippen molar-refractivity contribution in [2.45, 2.75) is 0 Å². The van der Waals surface area contributed by atoms with Crippen LogP contribution in [0.4, 0.5) is 11.6 Å². The van der Waals surface area contributed by atoms with Crippen LogP contribution in [0.1, 0.15) is 0 Å². The van der Waals surface area contributed by atoms with Gasteiger partial charge >= 0.3 is 0 Å².